The normalized spacial score (nSPS) is 15.7. The van der Waals surface area contributed by atoms with Crippen LogP contribution in [0.15, 0.2) is 30.3 Å². The highest BCUT2D eigenvalue weighted by molar-refractivity contribution is 5.58. The van der Waals surface area contributed by atoms with E-state index < -0.39 is 0 Å². The number of hydrogen-bond acceptors (Lipinski definition) is 1. The zero-order valence-electron chi connectivity index (χ0n) is 10.0. The quantitative estimate of drug-likeness (QED) is 0.684. The van der Waals surface area contributed by atoms with Gasteiger partial charge in [0.1, 0.15) is 6.29 Å². The lowest BCUT2D eigenvalue weighted by molar-refractivity contribution is -0.117. The fourth-order valence-corrected chi connectivity index (χ4v) is 1.80. The number of carbonyl (C=O) groups is 1. The summed E-state index contributed by atoms with van der Waals surface area (Å²) in [6.45, 7) is 8.34. The molecule has 0 amide bonds. The zero-order valence-corrected chi connectivity index (χ0v) is 10.0. The van der Waals surface area contributed by atoms with E-state index in [1.54, 1.807) is 0 Å². The van der Waals surface area contributed by atoms with Gasteiger partial charge in [0.15, 0.2) is 0 Å². The van der Waals surface area contributed by atoms with Crippen molar-refractivity contribution < 1.29 is 4.79 Å². The minimum Gasteiger partial charge on any atom is -0.303 e. The van der Waals surface area contributed by atoms with E-state index >= 15 is 0 Å². The molecule has 1 rings (SSSR count). The van der Waals surface area contributed by atoms with Gasteiger partial charge in [-0.15, -0.1) is 0 Å². The van der Waals surface area contributed by atoms with E-state index in [0.29, 0.717) is 11.8 Å². The number of carbonyl (C=O) groups excluding carboxylic acids is 1. The molecule has 0 N–H and O–H groups in total. The third-order valence-corrected chi connectivity index (χ3v) is 3.55. The Hall–Kier alpha value is -1.11. The van der Waals surface area contributed by atoms with Crippen LogP contribution in [-0.4, -0.2) is 6.29 Å². The van der Waals surface area contributed by atoms with Gasteiger partial charge in [0, 0.05) is 5.41 Å². The summed E-state index contributed by atoms with van der Waals surface area (Å²) < 4.78 is 0. The first-order chi connectivity index (χ1) is 6.99. The molecule has 0 saturated heterocycles. The molecule has 1 aromatic carbocycles. The second kappa shape index (κ2) is 4.61. The van der Waals surface area contributed by atoms with E-state index in [1.165, 1.54) is 5.56 Å². The molecule has 0 radical (unpaired) electrons. The van der Waals surface area contributed by atoms with Gasteiger partial charge in [0.2, 0.25) is 0 Å². The first kappa shape index (κ1) is 12.0. The maximum Gasteiger partial charge on any atom is 0.125 e. The van der Waals surface area contributed by atoms with E-state index in [1.807, 2.05) is 32.0 Å². The van der Waals surface area contributed by atoms with E-state index in [4.69, 9.17) is 0 Å². The summed E-state index contributed by atoms with van der Waals surface area (Å²) >= 11 is 0. The van der Waals surface area contributed by atoms with Crippen molar-refractivity contribution in [2.45, 2.75) is 33.6 Å². The molecule has 1 aromatic rings. The monoisotopic (exact) mass is 204 g/mol. The van der Waals surface area contributed by atoms with Crippen LogP contribution in [0.4, 0.5) is 0 Å². The summed E-state index contributed by atoms with van der Waals surface area (Å²) in [5.41, 5.74) is 1.05. The third kappa shape index (κ3) is 2.68. The Bertz CT molecular complexity index is 313. The first-order valence-electron chi connectivity index (χ1n) is 5.50. The molecular weight excluding hydrogens is 184 g/mol. The molecule has 0 fully saturated rings. The van der Waals surface area contributed by atoms with Crippen molar-refractivity contribution in [2.24, 2.45) is 11.3 Å². The lowest BCUT2D eigenvalue weighted by Crippen LogP contribution is -2.27. The van der Waals surface area contributed by atoms with Crippen LogP contribution in [0, 0.1) is 11.3 Å². The van der Waals surface area contributed by atoms with Gasteiger partial charge in [0.25, 0.3) is 0 Å². The predicted octanol–water partition coefficient (Wildman–Crippen LogP) is 3.65. The number of hydrogen-bond donors (Lipinski definition) is 0. The molecule has 0 spiro atoms. The van der Waals surface area contributed by atoms with E-state index in [2.05, 4.69) is 26.0 Å². The second-order valence-electron chi connectivity index (χ2n) is 4.93. The van der Waals surface area contributed by atoms with E-state index in [9.17, 15) is 4.79 Å². The van der Waals surface area contributed by atoms with Crippen molar-refractivity contribution in [3.63, 3.8) is 0 Å². The Kier molecular flexibility index (Phi) is 3.67. The Balaban J connectivity index is 2.86. The minimum absolute atomic E-state index is 0.255. The summed E-state index contributed by atoms with van der Waals surface area (Å²) in [7, 11) is 0. The molecule has 2 atom stereocenters. The highest BCUT2D eigenvalue weighted by Crippen LogP contribution is 2.35. The van der Waals surface area contributed by atoms with Gasteiger partial charge in [0.05, 0.1) is 0 Å². The average molecular weight is 204 g/mol. The van der Waals surface area contributed by atoms with Crippen molar-refractivity contribution in [2.75, 3.05) is 0 Å². The van der Waals surface area contributed by atoms with Crippen LogP contribution in [0.3, 0.4) is 0 Å². The summed E-state index contributed by atoms with van der Waals surface area (Å²) in [6, 6.07) is 10.4. The number of rotatable bonds is 4. The van der Waals surface area contributed by atoms with Crippen LogP contribution >= 0.6 is 0 Å². The predicted molar refractivity (Wildman–Crippen MR) is 63.9 cm³/mol. The van der Waals surface area contributed by atoms with Gasteiger partial charge in [-0.2, -0.15) is 0 Å². The molecule has 0 bridgehead atoms. The molecule has 1 nitrogen and oxygen atoms in total. The lowest BCUT2D eigenvalue weighted by Gasteiger charge is -2.31. The standard InChI is InChI=1S/C14H20O/c1-11(12(2)14(3,4)10-15)13-8-6-5-7-9-13/h5-12H,1-4H3/t11-,12?/m1/s1. The molecular formula is C14H20O. The number of aldehydes is 1. The highest BCUT2D eigenvalue weighted by Gasteiger charge is 2.30. The Morgan fingerprint density at radius 1 is 1.13 bits per heavy atom. The average Bonchev–Trinajstić information content (AvgIpc) is 2.28. The molecule has 15 heavy (non-hydrogen) atoms. The number of benzene rings is 1. The summed E-state index contributed by atoms with van der Waals surface area (Å²) in [4.78, 5) is 11.0. The Morgan fingerprint density at radius 2 is 1.67 bits per heavy atom. The summed E-state index contributed by atoms with van der Waals surface area (Å²) in [6.07, 6.45) is 1.07. The van der Waals surface area contributed by atoms with Gasteiger partial charge < -0.3 is 4.79 Å². The van der Waals surface area contributed by atoms with Crippen LogP contribution in [0.2, 0.25) is 0 Å². The maximum atomic E-state index is 11.0. The van der Waals surface area contributed by atoms with Gasteiger partial charge in [-0.05, 0) is 17.4 Å². The molecule has 0 saturated carbocycles. The smallest absolute Gasteiger partial charge is 0.125 e. The molecule has 0 aromatic heterocycles. The van der Waals surface area contributed by atoms with Crippen LogP contribution in [0.5, 0.6) is 0 Å². The second-order valence-corrected chi connectivity index (χ2v) is 4.93. The SMILES string of the molecule is CC([C@@H](C)c1ccccc1)C(C)(C)C=O. The lowest BCUT2D eigenvalue weighted by atomic mass is 9.72. The van der Waals surface area contributed by atoms with E-state index in [0.717, 1.165) is 6.29 Å². The van der Waals surface area contributed by atoms with Crippen molar-refractivity contribution in [1.29, 1.82) is 0 Å². The van der Waals surface area contributed by atoms with Crippen molar-refractivity contribution in [1.82, 2.24) is 0 Å². The van der Waals surface area contributed by atoms with Crippen LogP contribution < -0.4 is 0 Å². The Morgan fingerprint density at radius 3 is 2.13 bits per heavy atom. The van der Waals surface area contributed by atoms with Crippen molar-refractivity contribution >= 4 is 6.29 Å². The molecule has 0 aliphatic rings. The topological polar surface area (TPSA) is 17.1 Å². The largest absolute Gasteiger partial charge is 0.303 e. The van der Waals surface area contributed by atoms with Gasteiger partial charge in [-0.25, -0.2) is 0 Å². The summed E-state index contributed by atoms with van der Waals surface area (Å²) in [5.74, 6) is 0.754. The van der Waals surface area contributed by atoms with Gasteiger partial charge in [-0.3, -0.25) is 0 Å². The van der Waals surface area contributed by atoms with Crippen LogP contribution in [-0.2, 0) is 4.79 Å². The molecule has 82 valence electrons. The van der Waals surface area contributed by atoms with Crippen LogP contribution in [0.1, 0.15) is 39.2 Å². The van der Waals surface area contributed by atoms with Gasteiger partial charge in [-0.1, -0.05) is 58.0 Å². The minimum atomic E-state index is -0.255. The maximum absolute atomic E-state index is 11.0. The Labute approximate surface area is 92.5 Å². The fraction of sp³-hybridized carbons (Fsp3) is 0.500. The third-order valence-electron chi connectivity index (χ3n) is 3.55. The van der Waals surface area contributed by atoms with Crippen LogP contribution in [0.25, 0.3) is 0 Å². The zero-order chi connectivity index (χ0) is 11.5. The summed E-state index contributed by atoms with van der Waals surface area (Å²) in [5, 5.41) is 0. The van der Waals surface area contributed by atoms with Crippen molar-refractivity contribution in [3.8, 4) is 0 Å². The van der Waals surface area contributed by atoms with Crippen molar-refractivity contribution in [3.05, 3.63) is 35.9 Å². The highest BCUT2D eigenvalue weighted by atomic mass is 16.1. The fourth-order valence-electron chi connectivity index (χ4n) is 1.80. The molecule has 0 aliphatic heterocycles. The molecule has 1 unspecified atom stereocenters. The molecule has 1 heteroatoms. The van der Waals surface area contributed by atoms with E-state index in [-0.39, 0.29) is 5.41 Å². The molecule has 0 heterocycles. The first-order valence-corrected chi connectivity index (χ1v) is 5.50. The van der Waals surface area contributed by atoms with Gasteiger partial charge >= 0.3 is 0 Å². The molecule has 0 aliphatic carbocycles.